The minimum absolute atomic E-state index is 0.0579. The second kappa shape index (κ2) is 11.3. The maximum atomic E-state index is 13.2. The Morgan fingerprint density at radius 2 is 1.77 bits per heavy atom. The molecule has 0 spiro atoms. The van der Waals surface area contributed by atoms with Gasteiger partial charge in [-0.05, 0) is 73.2 Å². The SMILES string of the molecule is CCOC(=O)C(C)C1=CC=CC(c2ccc(OC)cc2)(c2cccc3c2CCN(C(=O)c2ccccc2)C3)C1. The van der Waals surface area contributed by atoms with Crippen molar-refractivity contribution in [2.24, 2.45) is 5.92 Å². The summed E-state index contributed by atoms with van der Waals surface area (Å²) in [4.78, 5) is 27.9. The van der Waals surface area contributed by atoms with E-state index >= 15 is 0 Å². The van der Waals surface area contributed by atoms with Crippen molar-refractivity contribution in [3.05, 3.63) is 124 Å². The molecule has 200 valence electrons. The van der Waals surface area contributed by atoms with Crippen LogP contribution in [-0.4, -0.2) is 37.0 Å². The van der Waals surface area contributed by atoms with Gasteiger partial charge in [0.05, 0.1) is 19.6 Å². The van der Waals surface area contributed by atoms with Crippen LogP contribution >= 0.6 is 0 Å². The highest BCUT2D eigenvalue weighted by Crippen LogP contribution is 2.46. The molecule has 0 bridgehead atoms. The molecule has 5 rings (SSSR count). The third-order valence-electron chi connectivity index (χ3n) is 8.03. The molecule has 0 saturated heterocycles. The van der Waals surface area contributed by atoms with Gasteiger partial charge < -0.3 is 14.4 Å². The van der Waals surface area contributed by atoms with Crippen LogP contribution in [0.1, 0.15) is 52.9 Å². The van der Waals surface area contributed by atoms with Crippen molar-refractivity contribution in [3.8, 4) is 5.75 Å². The van der Waals surface area contributed by atoms with Crippen LogP contribution in [-0.2, 0) is 27.9 Å². The lowest BCUT2D eigenvalue weighted by atomic mass is 9.65. The largest absolute Gasteiger partial charge is 0.497 e. The molecular formula is C34H35NO4. The molecule has 5 heteroatoms. The molecule has 2 atom stereocenters. The van der Waals surface area contributed by atoms with Gasteiger partial charge in [0, 0.05) is 24.1 Å². The maximum Gasteiger partial charge on any atom is 0.312 e. The number of benzene rings is 3. The van der Waals surface area contributed by atoms with E-state index in [4.69, 9.17) is 9.47 Å². The number of fused-ring (bicyclic) bond motifs is 1. The van der Waals surface area contributed by atoms with Gasteiger partial charge in [-0.15, -0.1) is 0 Å². The van der Waals surface area contributed by atoms with E-state index in [0.717, 1.165) is 23.3 Å². The number of esters is 1. The Morgan fingerprint density at radius 3 is 2.49 bits per heavy atom. The first-order valence-electron chi connectivity index (χ1n) is 13.6. The van der Waals surface area contributed by atoms with Gasteiger partial charge in [0.2, 0.25) is 0 Å². The quantitative estimate of drug-likeness (QED) is 0.344. The van der Waals surface area contributed by atoms with Gasteiger partial charge in [-0.3, -0.25) is 9.59 Å². The Kier molecular flexibility index (Phi) is 7.69. The normalized spacial score (nSPS) is 19.1. The van der Waals surface area contributed by atoms with E-state index in [1.807, 2.05) is 61.2 Å². The molecular weight excluding hydrogens is 486 g/mol. The molecule has 2 unspecified atom stereocenters. The molecule has 0 aromatic heterocycles. The van der Waals surface area contributed by atoms with Crippen LogP contribution in [0.5, 0.6) is 5.75 Å². The molecule has 1 heterocycles. The zero-order chi connectivity index (χ0) is 27.4. The smallest absolute Gasteiger partial charge is 0.312 e. The molecule has 3 aromatic rings. The van der Waals surface area contributed by atoms with E-state index in [1.54, 1.807) is 7.11 Å². The van der Waals surface area contributed by atoms with Gasteiger partial charge in [-0.1, -0.05) is 72.3 Å². The average Bonchev–Trinajstić information content (AvgIpc) is 3.00. The van der Waals surface area contributed by atoms with Crippen molar-refractivity contribution in [2.75, 3.05) is 20.3 Å². The van der Waals surface area contributed by atoms with Crippen LogP contribution in [0.2, 0.25) is 0 Å². The summed E-state index contributed by atoms with van der Waals surface area (Å²) in [6.07, 6.45) is 7.82. The number of nitrogens with zero attached hydrogens (tertiary/aromatic N) is 1. The number of amides is 1. The molecule has 2 aliphatic rings. The Hall–Kier alpha value is -4.12. The third-order valence-corrected chi connectivity index (χ3v) is 8.03. The number of carbonyl (C=O) groups is 2. The number of hydrogen-bond acceptors (Lipinski definition) is 4. The summed E-state index contributed by atoms with van der Waals surface area (Å²) in [6, 6.07) is 24.1. The first-order chi connectivity index (χ1) is 19.0. The number of ether oxygens (including phenoxy) is 2. The van der Waals surface area contributed by atoms with Crippen LogP contribution in [0.25, 0.3) is 0 Å². The van der Waals surface area contributed by atoms with Crippen LogP contribution in [0.4, 0.5) is 0 Å². The Labute approximate surface area is 230 Å². The minimum atomic E-state index is -0.464. The number of allylic oxidation sites excluding steroid dienone is 3. The van der Waals surface area contributed by atoms with Gasteiger partial charge >= 0.3 is 5.97 Å². The molecule has 0 N–H and O–H groups in total. The zero-order valence-electron chi connectivity index (χ0n) is 22.9. The lowest BCUT2D eigenvalue weighted by Gasteiger charge is -2.40. The molecule has 0 saturated carbocycles. The van der Waals surface area contributed by atoms with Crippen LogP contribution in [0.3, 0.4) is 0 Å². The predicted octanol–water partition coefficient (Wildman–Crippen LogP) is 6.27. The summed E-state index contributed by atoms with van der Waals surface area (Å²) in [7, 11) is 1.67. The second-order valence-electron chi connectivity index (χ2n) is 10.2. The molecule has 0 radical (unpaired) electrons. The highest BCUT2D eigenvalue weighted by molar-refractivity contribution is 5.94. The number of carbonyl (C=O) groups excluding carboxylic acids is 2. The topological polar surface area (TPSA) is 55.8 Å². The summed E-state index contributed by atoms with van der Waals surface area (Å²) >= 11 is 0. The monoisotopic (exact) mass is 521 g/mol. The summed E-state index contributed by atoms with van der Waals surface area (Å²) in [5, 5.41) is 0. The fraction of sp³-hybridized carbons (Fsp3) is 0.294. The van der Waals surface area contributed by atoms with E-state index in [0.29, 0.717) is 31.7 Å². The van der Waals surface area contributed by atoms with Crippen molar-refractivity contribution in [2.45, 2.75) is 38.6 Å². The summed E-state index contributed by atoms with van der Waals surface area (Å²) < 4.78 is 10.8. The molecule has 3 aromatic carbocycles. The fourth-order valence-corrected chi connectivity index (χ4v) is 5.88. The Bertz CT molecular complexity index is 1410. The maximum absolute atomic E-state index is 13.2. The molecule has 1 aliphatic carbocycles. The Morgan fingerprint density at radius 1 is 1.00 bits per heavy atom. The molecule has 1 aliphatic heterocycles. The van der Waals surface area contributed by atoms with Gasteiger partial charge in [-0.25, -0.2) is 0 Å². The highest BCUT2D eigenvalue weighted by atomic mass is 16.5. The van der Waals surface area contributed by atoms with E-state index in [-0.39, 0.29) is 17.8 Å². The third kappa shape index (κ3) is 5.14. The first-order valence-corrected chi connectivity index (χ1v) is 13.6. The summed E-state index contributed by atoms with van der Waals surface area (Å²) in [6.45, 7) is 5.35. The number of methoxy groups -OCH3 is 1. The Balaban J connectivity index is 1.55. The molecule has 39 heavy (non-hydrogen) atoms. The average molecular weight is 522 g/mol. The second-order valence-corrected chi connectivity index (χ2v) is 10.2. The van der Waals surface area contributed by atoms with E-state index in [2.05, 4.69) is 48.6 Å². The standard InChI is InChI=1S/C34H35NO4/c1-4-39-33(37)24(2)26-13-9-20-34(22-26,28-15-17-29(38-3)18-16-28)31-14-8-12-27-23-35(21-19-30(27)31)32(36)25-10-6-5-7-11-25/h5-18,20,24H,4,19,21-23H2,1-3H3. The molecule has 5 nitrogen and oxygen atoms in total. The summed E-state index contributed by atoms with van der Waals surface area (Å²) in [5.74, 6) is 0.316. The fourth-order valence-electron chi connectivity index (χ4n) is 5.88. The van der Waals surface area contributed by atoms with Gasteiger partial charge in [-0.2, -0.15) is 0 Å². The van der Waals surface area contributed by atoms with Crippen molar-refractivity contribution in [1.29, 1.82) is 0 Å². The highest BCUT2D eigenvalue weighted by Gasteiger charge is 2.39. The van der Waals surface area contributed by atoms with Crippen LogP contribution < -0.4 is 4.74 Å². The van der Waals surface area contributed by atoms with Gasteiger partial charge in [0.25, 0.3) is 5.91 Å². The van der Waals surface area contributed by atoms with E-state index < -0.39 is 5.41 Å². The lowest BCUT2D eigenvalue weighted by Crippen LogP contribution is -2.38. The zero-order valence-corrected chi connectivity index (χ0v) is 22.9. The van der Waals surface area contributed by atoms with Crippen LogP contribution in [0.15, 0.2) is 96.6 Å². The van der Waals surface area contributed by atoms with Crippen molar-refractivity contribution in [1.82, 2.24) is 4.90 Å². The van der Waals surface area contributed by atoms with E-state index in [9.17, 15) is 9.59 Å². The van der Waals surface area contributed by atoms with Crippen LogP contribution in [0, 0.1) is 5.92 Å². The lowest BCUT2D eigenvalue weighted by molar-refractivity contribution is -0.146. The molecule has 0 fully saturated rings. The van der Waals surface area contributed by atoms with Gasteiger partial charge in [0.1, 0.15) is 5.75 Å². The van der Waals surface area contributed by atoms with Crippen molar-refractivity contribution in [3.63, 3.8) is 0 Å². The van der Waals surface area contributed by atoms with Gasteiger partial charge in [0.15, 0.2) is 0 Å². The molecule has 1 amide bonds. The first kappa shape index (κ1) is 26.5. The number of rotatable bonds is 7. The van der Waals surface area contributed by atoms with Crippen molar-refractivity contribution < 1.29 is 19.1 Å². The van der Waals surface area contributed by atoms with E-state index in [1.165, 1.54) is 16.7 Å². The van der Waals surface area contributed by atoms with Crippen molar-refractivity contribution >= 4 is 11.9 Å². The number of hydrogen-bond donors (Lipinski definition) is 0. The minimum Gasteiger partial charge on any atom is -0.497 e. The predicted molar refractivity (Wildman–Crippen MR) is 153 cm³/mol. The summed E-state index contributed by atoms with van der Waals surface area (Å²) in [5.41, 5.74) is 6.09.